The summed E-state index contributed by atoms with van der Waals surface area (Å²) in [6, 6.07) is 14.8. The van der Waals surface area contributed by atoms with Crippen LogP contribution in [-0.4, -0.2) is 120 Å². The maximum absolute atomic E-state index is 13.3. The van der Waals surface area contributed by atoms with Crippen LogP contribution < -0.4 is 10.2 Å². The van der Waals surface area contributed by atoms with E-state index in [9.17, 15) is 46.1 Å². The normalized spacial score (nSPS) is 26.5. The molecule has 2 saturated carbocycles. The Labute approximate surface area is 404 Å². The number of hydrogen-bond donors (Lipinski definition) is 2. The Morgan fingerprint density at radius 2 is 0.794 bits per heavy atom. The fourth-order valence-electron chi connectivity index (χ4n) is 9.95. The molecule has 6 saturated heterocycles. The molecule has 22 heteroatoms. The van der Waals surface area contributed by atoms with E-state index < -0.39 is 47.4 Å². The second-order valence-electron chi connectivity index (χ2n) is 18.7. The molecule has 68 heavy (non-hydrogen) atoms. The van der Waals surface area contributed by atoms with Crippen molar-refractivity contribution < 1.29 is 84.4 Å². The van der Waals surface area contributed by atoms with Gasteiger partial charge in [0.25, 0.3) is 0 Å². The predicted octanol–water partition coefficient (Wildman–Crippen LogP) is 5.81. The number of hydrogen-bond acceptors (Lipinski definition) is 14. The highest BCUT2D eigenvalue weighted by Gasteiger charge is 2.54. The van der Waals surface area contributed by atoms with Crippen LogP contribution in [0.5, 0.6) is 0 Å². The van der Waals surface area contributed by atoms with Gasteiger partial charge in [0, 0.05) is 49.4 Å². The number of nitrogens with zero attached hydrogens (tertiary/aromatic N) is 2. The number of esters is 2. The van der Waals surface area contributed by atoms with Gasteiger partial charge in [0.05, 0.1) is 58.8 Å². The third-order valence-corrected chi connectivity index (χ3v) is 17.8. The summed E-state index contributed by atoms with van der Waals surface area (Å²) in [6.45, 7) is 9.28. The van der Waals surface area contributed by atoms with Gasteiger partial charge in [-0.05, 0) is 71.5 Å². The van der Waals surface area contributed by atoms with Gasteiger partial charge in [0.2, 0.25) is 11.2 Å². The molecular formula is C46H52F6N2O10S4. The van der Waals surface area contributed by atoms with Gasteiger partial charge in [-0.15, -0.1) is 45.3 Å². The Bertz CT molecular complexity index is 2050. The summed E-state index contributed by atoms with van der Waals surface area (Å²) < 4.78 is 77.5. The number of alkyl halides is 6. The van der Waals surface area contributed by atoms with Crippen LogP contribution in [0.1, 0.15) is 70.9 Å². The molecule has 372 valence electrons. The SMILES string of the molecule is O=C(O[C@H]1C[N+]2(CC3CC3)CCC1CC2)C(O)(c1cccs1)c1cccs1.O=C(O[C@H]1C[N+]2(CC3CC3)CCC1CC2)C(O)(c1cccs1)c1cccs1.O=C([O-])C(F)(F)F.O=C([O-])C(F)(F)F. The fourth-order valence-corrected chi connectivity index (χ4v) is 13.4. The van der Waals surface area contributed by atoms with E-state index in [0.29, 0.717) is 31.3 Å². The quantitative estimate of drug-likeness (QED) is 0.100. The Balaban J connectivity index is 0.000000158. The molecule has 4 aromatic heterocycles. The van der Waals surface area contributed by atoms with Crippen molar-refractivity contribution in [2.75, 3.05) is 52.4 Å². The molecule has 8 fully saturated rings. The summed E-state index contributed by atoms with van der Waals surface area (Å²) >= 11 is 5.61. The summed E-state index contributed by atoms with van der Waals surface area (Å²) in [7, 11) is 0. The molecule has 0 amide bonds. The van der Waals surface area contributed by atoms with E-state index in [1.807, 2.05) is 70.1 Å². The van der Waals surface area contributed by atoms with Gasteiger partial charge in [0.1, 0.15) is 25.0 Å². The zero-order valence-electron chi connectivity index (χ0n) is 36.7. The molecule has 8 aliphatic rings. The number of aliphatic hydroxyl groups is 2. The summed E-state index contributed by atoms with van der Waals surface area (Å²) in [5.41, 5.74) is -3.37. The first-order chi connectivity index (χ1) is 32.1. The number of carbonyl (C=O) groups is 4. The van der Waals surface area contributed by atoms with Gasteiger partial charge in [-0.2, -0.15) is 26.3 Å². The maximum Gasteiger partial charge on any atom is 0.430 e. The molecule has 6 aliphatic heterocycles. The number of aliphatic carboxylic acids is 2. The van der Waals surface area contributed by atoms with Crippen molar-refractivity contribution in [3.8, 4) is 0 Å². The number of halogens is 6. The molecule has 4 aromatic rings. The van der Waals surface area contributed by atoms with Crippen LogP contribution in [-0.2, 0) is 39.9 Å². The van der Waals surface area contributed by atoms with Crippen LogP contribution in [0.25, 0.3) is 0 Å². The second kappa shape index (κ2) is 20.8. The first-order valence-corrected chi connectivity index (χ1v) is 25.9. The lowest BCUT2D eigenvalue weighted by Gasteiger charge is -2.52. The maximum atomic E-state index is 13.3. The predicted molar refractivity (Wildman–Crippen MR) is 236 cm³/mol. The van der Waals surface area contributed by atoms with Crippen molar-refractivity contribution in [1.29, 1.82) is 0 Å². The average Bonchev–Trinajstić information content (AvgIpc) is 3.85. The first-order valence-electron chi connectivity index (χ1n) is 22.4. The largest absolute Gasteiger partial charge is 0.542 e. The van der Waals surface area contributed by atoms with Crippen molar-refractivity contribution in [1.82, 2.24) is 0 Å². The Morgan fingerprint density at radius 1 is 0.529 bits per heavy atom. The minimum Gasteiger partial charge on any atom is -0.542 e. The number of thiophene rings is 4. The number of carboxylic acids is 2. The van der Waals surface area contributed by atoms with E-state index in [2.05, 4.69) is 0 Å². The summed E-state index contributed by atoms with van der Waals surface area (Å²) in [5, 5.41) is 48.1. The highest BCUT2D eigenvalue weighted by Crippen LogP contribution is 2.45. The van der Waals surface area contributed by atoms with E-state index in [4.69, 9.17) is 29.3 Å². The van der Waals surface area contributed by atoms with Gasteiger partial charge in [0.15, 0.2) is 12.2 Å². The molecule has 0 aromatic carbocycles. The monoisotopic (exact) mass is 1030 g/mol. The third-order valence-electron chi connectivity index (χ3n) is 13.8. The fraction of sp³-hybridized carbons (Fsp3) is 0.565. The molecule has 4 bridgehead atoms. The second-order valence-corrected chi connectivity index (χ2v) is 22.4. The molecule has 2 N–H and O–H groups in total. The summed E-state index contributed by atoms with van der Waals surface area (Å²) in [6.07, 6.45) is -0.496. The Morgan fingerprint density at radius 3 is 1.00 bits per heavy atom. The zero-order chi connectivity index (χ0) is 49.1. The average molecular weight is 1040 g/mol. The highest BCUT2D eigenvalue weighted by molar-refractivity contribution is 7.12. The molecular weight excluding hydrogens is 983 g/mol. The third kappa shape index (κ3) is 12.2. The topological polar surface area (TPSA) is 173 Å². The number of fused-ring (bicyclic) bond motifs is 6. The van der Waals surface area contributed by atoms with Crippen molar-refractivity contribution in [3.63, 3.8) is 0 Å². The van der Waals surface area contributed by atoms with E-state index in [1.165, 1.54) is 110 Å². The summed E-state index contributed by atoms with van der Waals surface area (Å²) in [4.78, 5) is 46.7. The number of ether oxygens (including phenoxy) is 2. The minimum absolute atomic E-state index is 0.0646. The van der Waals surface area contributed by atoms with E-state index in [1.54, 1.807) is 0 Å². The molecule has 0 spiro atoms. The molecule has 10 heterocycles. The Hall–Kier alpha value is -3.90. The molecule has 0 unspecified atom stereocenters. The Kier molecular flexibility index (Phi) is 15.9. The van der Waals surface area contributed by atoms with Gasteiger partial charge in [-0.3, -0.25) is 0 Å². The van der Waals surface area contributed by atoms with Gasteiger partial charge >= 0.3 is 24.3 Å². The number of quaternary nitrogens is 2. The van der Waals surface area contributed by atoms with Crippen LogP contribution >= 0.6 is 45.3 Å². The van der Waals surface area contributed by atoms with Crippen molar-refractivity contribution in [2.24, 2.45) is 23.7 Å². The lowest BCUT2D eigenvalue weighted by atomic mass is 9.82. The van der Waals surface area contributed by atoms with Crippen LogP contribution in [0.2, 0.25) is 0 Å². The van der Waals surface area contributed by atoms with E-state index in [0.717, 1.165) is 59.6 Å². The number of rotatable bonds is 12. The highest BCUT2D eigenvalue weighted by atomic mass is 32.1. The lowest BCUT2D eigenvalue weighted by Crippen LogP contribution is -2.65. The van der Waals surface area contributed by atoms with Crippen LogP contribution in [0.15, 0.2) is 70.1 Å². The smallest absolute Gasteiger partial charge is 0.430 e. The molecule has 2 aliphatic carbocycles. The molecule has 2 atom stereocenters. The molecule has 0 radical (unpaired) electrons. The number of piperidine rings is 6. The number of carbonyl (C=O) groups excluding carboxylic acids is 4. The van der Waals surface area contributed by atoms with Crippen LogP contribution in [0.4, 0.5) is 26.3 Å². The van der Waals surface area contributed by atoms with Crippen molar-refractivity contribution >= 4 is 69.2 Å². The summed E-state index contributed by atoms with van der Waals surface area (Å²) in [5.74, 6) is -4.37. The molecule has 12 rings (SSSR count). The minimum atomic E-state index is -5.19. The van der Waals surface area contributed by atoms with Gasteiger partial charge in [-0.1, -0.05) is 24.3 Å². The van der Waals surface area contributed by atoms with Gasteiger partial charge in [-0.25, -0.2) is 9.59 Å². The van der Waals surface area contributed by atoms with Crippen LogP contribution in [0, 0.1) is 23.7 Å². The lowest BCUT2D eigenvalue weighted by molar-refractivity contribution is -0.947. The van der Waals surface area contributed by atoms with E-state index >= 15 is 0 Å². The zero-order valence-corrected chi connectivity index (χ0v) is 39.9. The molecule has 12 nitrogen and oxygen atoms in total. The van der Waals surface area contributed by atoms with Crippen LogP contribution in [0.3, 0.4) is 0 Å². The van der Waals surface area contributed by atoms with E-state index in [-0.39, 0.29) is 12.2 Å². The van der Waals surface area contributed by atoms with Crippen molar-refractivity contribution in [3.05, 3.63) is 89.6 Å². The van der Waals surface area contributed by atoms with Gasteiger partial charge < -0.3 is 48.5 Å². The van der Waals surface area contributed by atoms with Crippen molar-refractivity contribution in [2.45, 2.75) is 87.1 Å². The standard InChI is InChI=1S/2C21H26NO3S2.2C2HF3O2/c2*23-20(21(24,18-3-1-11-26-18)19-4-2-12-27-19)25-17-14-22(13-15-5-6-15)9-7-16(17)8-10-22;2*3-2(4,5)1(6)7/h2*1-4,11-12,15-17,24H,5-10,13-14H2;2*(H,6,7)/q2*+1;;/p-2/t2*16?,17-,22?;;/m00../s1. The first kappa shape index (κ1) is 51.9. The number of carboxylic acid groups (broad SMARTS) is 2.